The minimum atomic E-state index is -0.863. The molecule has 2 fully saturated rings. The lowest BCUT2D eigenvalue weighted by atomic mass is 9.64. The van der Waals surface area contributed by atoms with Gasteiger partial charge in [0.2, 0.25) is 0 Å². The van der Waals surface area contributed by atoms with Crippen molar-refractivity contribution in [1.29, 1.82) is 0 Å². The predicted octanol–water partition coefficient (Wildman–Crippen LogP) is 5.24. The summed E-state index contributed by atoms with van der Waals surface area (Å²) < 4.78 is 0. The van der Waals surface area contributed by atoms with Gasteiger partial charge < -0.3 is 10.2 Å². The Bertz CT molecular complexity index is 734. The lowest BCUT2D eigenvalue weighted by Gasteiger charge is -2.42. The molecule has 0 saturated heterocycles. The highest BCUT2D eigenvalue weighted by molar-refractivity contribution is 6.00. The van der Waals surface area contributed by atoms with Gasteiger partial charge in [-0.3, -0.25) is 4.79 Å². The first-order valence-electron chi connectivity index (χ1n) is 10.9. The fourth-order valence-corrected chi connectivity index (χ4v) is 5.74. The highest BCUT2D eigenvalue weighted by atomic mass is 16.3. The van der Waals surface area contributed by atoms with Gasteiger partial charge in [0.05, 0.1) is 11.2 Å². The number of rotatable bonds is 2. The summed E-state index contributed by atoms with van der Waals surface area (Å²) >= 11 is 0. The van der Waals surface area contributed by atoms with Crippen molar-refractivity contribution >= 4 is 5.78 Å². The fraction of sp³-hybridized carbons (Fsp3) is 0.708. The molecule has 0 amide bonds. The Hall–Kier alpha value is -1.19. The molecular weight excluding hydrogens is 336 g/mol. The maximum absolute atomic E-state index is 12.9. The number of ketones is 1. The second-order valence-corrected chi connectivity index (χ2v) is 9.94. The standard InChI is InChI=1S/C24H34O3/c1-22(2)14-9-20(25)18-15-17(23(26)10-5-3-6-11-23)16-19(21(18)22)24(27)12-7-4-8-13-24/h15-16,26-27H,3-14H2,1-2H3. The predicted molar refractivity (Wildman–Crippen MR) is 107 cm³/mol. The van der Waals surface area contributed by atoms with Gasteiger partial charge in [-0.25, -0.2) is 0 Å². The molecule has 1 aromatic rings. The van der Waals surface area contributed by atoms with E-state index in [2.05, 4.69) is 19.9 Å². The molecule has 148 valence electrons. The van der Waals surface area contributed by atoms with Crippen LogP contribution in [-0.4, -0.2) is 16.0 Å². The van der Waals surface area contributed by atoms with E-state index in [1.165, 1.54) is 0 Å². The number of carbonyl (C=O) groups excluding carboxylic acids is 1. The smallest absolute Gasteiger partial charge is 0.163 e. The van der Waals surface area contributed by atoms with Gasteiger partial charge in [0.25, 0.3) is 0 Å². The Morgan fingerprint density at radius 2 is 1.33 bits per heavy atom. The Kier molecular flexibility index (Phi) is 4.75. The van der Waals surface area contributed by atoms with Crippen LogP contribution in [0.1, 0.15) is 118 Å². The molecule has 2 N–H and O–H groups in total. The minimum absolute atomic E-state index is 0.126. The molecule has 0 aromatic heterocycles. The van der Waals surface area contributed by atoms with Gasteiger partial charge in [-0.05, 0) is 66.3 Å². The van der Waals surface area contributed by atoms with Crippen molar-refractivity contribution in [2.75, 3.05) is 0 Å². The van der Waals surface area contributed by atoms with E-state index < -0.39 is 11.2 Å². The van der Waals surface area contributed by atoms with E-state index in [1.807, 2.05) is 6.07 Å². The average Bonchev–Trinajstić information content (AvgIpc) is 2.65. The van der Waals surface area contributed by atoms with E-state index in [9.17, 15) is 15.0 Å². The summed E-state index contributed by atoms with van der Waals surface area (Å²) in [6.07, 6.45) is 10.8. The number of hydrogen-bond donors (Lipinski definition) is 2. The van der Waals surface area contributed by atoms with Crippen molar-refractivity contribution in [3.05, 3.63) is 34.4 Å². The number of aliphatic hydroxyl groups is 2. The molecule has 3 nitrogen and oxygen atoms in total. The minimum Gasteiger partial charge on any atom is -0.385 e. The average molecular weight is 371 g/mol. The number of Topliss-reactive ketones (excluding diaryl/α,β-unsaturated/α-hetero) is 1. The molecule has 0 spiro atoms. The molecule has 4 rings (SSSR count). The van der Waals surface area contributed by atoms with E-state index in [0.29, 0.717) is 6.42 Å². The molecule has 0 bridgehead atoms. The van der Waals surface area contributed by atoms with Gasteiger partial charge >= 0.3 is 0 Å². The largest absolute Gasteiger partial charge is 0.385 e. The molecule has 0 radical (unpaired) electrons. The number of benzene rings is 1. The first-order valence-corrected chi connectivity index (χ1v) is 10.9. The zero-order chi connectivity index (χ0) is 19.3. The zero-order valence-corrected chi connectivity index (χ0v) is 16.9. The van der Waals surface area contributed by atoms with Crippen LogP contribution in [0.25, 0.3) is 0 Å². The van der Waals surface area contributed by atoms with Crippen LogP contribution < -0.4 is 0 Å². The van der Waals surface area contributed by atoms with E-state index in [4.69, 9.17) is 0 Å². The zero-order valence-electron chi connectivity index (χ0n) is 16.9. The van der Waals surface area contributed by atoms with Crippen molar-refractivity contribution in [2.24, 2.45) is 0 Å². The Morgan fingerprint density at radius 1 is 0.778 bits per heavy atom. The molecular formula is C24H34O3. The second kappa shape index (κ2) is 6.70. The van der Waals surface area contributed by atoms with Crippen LogP contribution in [0.3, 0.4) is 0 Å². The van der Waals surface area contributed by atoms with Crippen molar-refractivity contribution in [3.8, 4) is 0 Å². The molecule has 0 unspecified atom stereocenters. The summed E-state index contributed by atoms with van der Waals surface area (Å²) in [5, 5.41) is 23.0. The van der Waals surface area contributed by atoms with Crippen LogP contribution in [0.5, 0.6) is 0 Å². The van der Waals surface area contributed by atoms with Gasteiger partial charge in [-0.2, -0.15) is 0 Å². The van der Waals surface area contributed by atoms with Crippen molar-refractivity contribution in [2.45, 2.75) is 108 Å². The van der Waals surface area contributed by atoms with E-state index in [0.717, 1.165) is 92.9 Å². The third-order valence-corrected chi connectivity index (χ3v) is 7.49. The topological polar surface area (TPSA) is 57.5 Å². The lowest BCUT2D eigenvalue weighted by molar-refractivity contribution is -0.00811. The van der Waals surface area contributed by atoms with Crippen LogP contribution in [0.2, 0.25) is 0 Å². The van der Waals surface area contributed by atoms with Gasteiger partial charge in [-0.1, -0.05) is 52.4 Å². The van der Waals surface area contributed by atoms with Crippen LogP contribution in [0, 0.1) is 0 Å². The third-order valence-electron chi connectivity index (χ3n) is 7.49. The molecule has 3 aliphatic carbocycles. The maximum Gasteiger partial charge on any atom is 0.163 e. The second-order valence-electron chi connectivity index (χ2n) is 9.94. The fourth-order valence-electron chi connectivity index (χ4n) is 5.74. The Labute approximate surface area is 163 Å². The van der Waals surface area contributed by atoms with Crippen LogP contribution in [0.4, 0.5) is 0 Å². The molecule has 1 aromatic carbocycles. The maximum atomic E-state index is 12.9. The summed E-state index contributed by atoms with van der Waals surface area (Å²) in [5.41, 5.74) is 1.77. The van der Waals surface area contributed by atoms with Crippen LogP contribution >= 0.6 is 0 Å². The van der Waals surface area contributed by atoms with E-state index in [1.54, 1.807) is 0 Å². The third kappa shape index (κ3) is 3.27. The van der Waals surface area contributed by atoms with E-state index >= 15 is 0 Å². The number of fused-ring (bicyclic) bond motifs is 1. The van der Waals surface area contributed by atoms with Gasteiger partial charge in [0.1, 0.15) is 0 Å². The summed E-state index contributed by atoms with van der Waals surface area (Å²) in [6, 6.07) is 4.05. The van der Waals surface area contributed by atoms with Gasteiger partial charge in [0, 0.05) is 12.0 Å². The summed E-state index contributed by atoms with van der Waals surface area (Å²) in [5.74, 6) is 0.172. The highest BCUT2D eigenvalue weighted by Crippen LogP contribution is 2.49. The Balaban J connectivity index is 1.93. The van der Waals surface area contributed by atoms with Crippen molar-refractivity contribution < 1.29 is 15.0 Å². The highest BCUT2D eigenvalue weighted by Gasteiger charge is 2.43. The van der Waals surface area contributed by atoms with Gasteiger partial charge in [-0.15, -0.1) is 0 Å². The molecule has 0 aliphatic heterocycles. The first-order chi connectivity index (χ1) is 12.8. The molecule has 3 aliphatic rings. The number of carbonyl (C=O) groups is 1. The molecule has 0 heterocycles. The monoisotopic (exact) mass is 370 g/mol. The summed E-state index contributed by atoms with van der Waals surface area (Å²) in [7, 11) is 0. The summed E-state index contributed by atoms with van der Waals surface area (Å²) in [4.78, 5) is 12.9. The van der Waals surface area contributed by atoms with E-state index in [-0.39, 0.29) is 11.2 Å². The van der Waals surface area contributed by atoms with Crippen LogP contribution in [-0.2, 0) is 16.6 Å². The molecule has 3 heteroatoms. The molecule has 2 saturated carbocycles. The van der Waals surface area contributed by atoms with Crippen molar-refractivity contribution in [1.82, 2.24) is 0 Å². The van der Waals surface area contributed by atoms with Gasteiger partial charge in [0.15, 0.2) is 5.78 Å². The lowest BCUT2D eigenvalue weighted by Crippen LogP contribution is -2.38. The number of hydrogen-bond acceptors (Lipinski definition) is 3. The molecule has 0 atom stereocenters. The quantitative estimate of drug-likeness (QED) is 0.748. The van der Waals surface area contributed by atoms with Crippen molar-refractivity contribution in [3.63, 3.8) is 0 Å². The Morgan fingerprint density at radius 3 is 1.93 bits per heavy atom. The SMILES string of the molecule is CC1(C)CCC(=O)c2cc(C3(O)CCCCC3)cc(C3(O)CCCCC3)c21. The summed E-state index contributed by atoms with van der Waals surface area (Å²) in [6.45, 7) is 4.39. The first kappa shape index (κ1) is 19.1. The molecule has 27 heavy (non-hydrogen) atoms. The van der Waals surface area contributed by atoms with Crippen LogP contribution in [0.15, 0.2) is 12.1 Å². The normalized spacial score (nSPS) is 26.4.